The second kappa shape index (κ2) is 8.01. The van der Waals surface area contributed by atoms with Gasteiger partial charge >= 0.3 is 0 Å². The molecule has 1 aliphatic rings. The molecule has 2 heterocycles. The average molecular weight is 338 g/mol. The van der Waals surface area contributed by atoms with Crippen molar-refractivity contribution in [2.75, 3.05) is 43.5 Å². The maximum atomic E-state index is 12.3. The maximum absolute atomic E-state index is 12.3. The fourth-order valence-corrected chi connectivity index (χ4v) is 3.16. The molecule has 25 heavy (non-hydrogen) atoms. The fourth-order valence-electron chi connectivity index (χ4n) is 3.16. The first kappa shape index (κ1) is 17.3. The van der Waals surface area contributed by atoms with E-state index in [-0.39, 0.29) is 5.91 Å². The number of benzene rings is 1. The highest BCUT2D eigenvalue weighted by Gasteiger charge is 2.20. The number of nitrogens with one attached hydrogen (secondary N) is 1. The molecule has 5 nitrogen and oxygen atoms in total. The minimum Gasteiger partial charge on any atom is -0.378 e. The Bertz CT molecular complexity index is 677. The van der Waals surface area contributed by atoms with E-state index < -0.39 is 0 Å². The normalized spacial score (nSPS) is 15.0. The van der Waals surface area contributed by atoms with E-state index in [1.54, 1.807) is 0 Å². The lowest BCUT2D eigenvalue weighted by Crippen LogP contribution is -2.39. The van der Waals surface area contributed by atoms with Crippen LogP contribution in [0.15, 0.2) is 48.7 Å². The third-order valence-corrected chi connectivity index (χ3v) is 4.78. The van der Waals surface area contributed by atoms with Crippen LogP contribution in [0.3, 0.4) is 0 Å². The van der Waals surface area contributed by atoms with Crippen molar-refractivity contribution in [3.05, 3.63) is 54.2 Å². The number of carbonyl (C=O) groups is 1. The average Bonchev–Trinajstić information content (AvgIpc) is 2.67. The Morgan fingerprint density at radius 2 is 1.88 bits per heavy atom. The topological polar surface area (TPSA) is 48.5 Å². The van der Waals surface area contributed by atoms with Crippen LogP contribution in [0.5, 0.6) is 0 Å². The number of nitrogens with zero attached hydrogens (tertiary/aromatic N) is 3. The Morgan fingerprint density at radius 1 is 1.16 bits per heavy atom. The molecule has 1 fully saturated rings. The van der Waals surface area contributed by atoms with E-state index in [0.717, 1.165) is 49.5 Å². The van der Waals surface area contributed by atoms with Gasteiger partial charge < -0.3 is 15.1 Å². The lowest BCUT2D eigenvalue weighted by Gasteiger charge is -2.32. The van der Waals surface area contributed by atoms with E-state index in [1.165, 1.54) is 0 Å². The van der Waals surface area contributed by atoms with Gasteiger partial charge in [-0.15, -0.1) is 0 Å². The largest absolute Gasteiger partial charge is 0.378 e. The first-order valence-electron chi connectivity index (χ1n) is 8.85. The monoisotopic (exact) mass is 338 g/mol. The summed E-state index contributed by atoms with van der Waals surface area (Å²) in [6.07, 6.45) is 4.00. The van der Waals surface area contributed by atoms with E-state index in [1.807, 2.05) is 61.6 Å². The van der Waals surface area contributed by atoms with Gasteiger partial charge in [0.05, 0.1) is 0 Å². The molecule has 0 spiro atoms. The molecule has 0 saturated carbocycles. The van der Waals surface area contributed by atoms with Gasteiger partial charge in [0.2, 0.25) is 0 Å². The summed E-state index contributed by atoms with van der Waals surface area (Å²) in [5.74, 6) is 1.59. The van der Waals surface area contributed by atoms with Gasteiger partial charge in [-0.3, -0.25) is 4.79 Å². The summed E-state index contributed by atoms with van der Waals surface area (Å²) in [5, 5.41) is 3.09. The highest BCUT2D eigenvalue weighted by atomic mass is 16.1. The quantitative estimate of drug-likeness (QED) is 0.911. The minimum atomic E-state index is 0.0115. The number of hydrogen-bond acceptors (Lipinski definition) is 4. The van der Waals surface area contributed by atoms with Gasteiger partial charge in [-0.05, 0) is 55.2 Å². The number of hydrogen-bond donors (Lipinski definition) is 1. The lowest BCUT2D eigenvalue weighted by atomic mass is 9.96. The van der Waals surface area contributed by atoms with E-state index >= 15 is 0 Å². The molecule has 0 aliphatic carbocycles. The Labute approximate surface area is 149 Å². The molecule has 1 aromatic heterocycles. The maximum Gasteiger partial charge on any atom is 0.251 e. The molecule has 1 aromatic carbocycles. The SMILES string of the molecule is CN(C)c1ccc(C(=O)NCC2CCN(c3ccccn3)CC2)cc1. The minimum absolute atomic E-state index is 0.0115. The van der Waals surface area contributed by atoms with E-state index in [0.29, 0.717) is 5.92 Å². The van der Waals surface area contributed by atoms with E-state index in [4.69, 9.17) is 0 Å². The van der Waals surface area contributed by atoms with Crippen LogP contribution in [0, 0.1) is 5.92 Å². The zero-order valence-electron chi connectivity index (χ0n) is 15.0. The molecular formula is C20H26N4O. The zero-order chi connectivity index (χ0) is 17.6. The third kappa shape index (κ3) is 4.50. The molecule has 1 aliphatic heterocycles. The van der Waals surface area contributed by atoms with Crippen LogP contribution < -0.4 is 15.1 Å². The van der Waals surface area contributed by atoms with Gasteiger partial charge in [-0.1, -0.05) is 6.07 Å². The molecule has 1 N–H and O–H groups in total. The zero-order valence-corrected chi connectivity index (χ0v) is 15.0. The summed E-state index contributed by atoms with van der Waals surface area (Å²) in [4.78, 5) is 21.1. The first-order valence-corrected chi connectivity index (χ1v) is 8.85. The Morgan fingerprint density at radius 3 is 2.48 bits per heavy atom. The van der Waals surface area contributed by atoms with Gasteiger partial charge in [-0.25, -0.2) is 4.98 Å². The standard InChI is InChI=1S/C20H26N4O/c1-23(2)18-8-6-17(7-9-18)20(25)22-15-16-10-13-24(14-11-16)19-5-3-4-12-21-19/h3-9,12,16H,10-11,13-15H2,1-2H3,(H,22,25). The summed E-state index contributed by atoms with van der Waals surface area (Å²) in [5.41, 5.74) is 1.81. The summed E-state index contributed by atoms with van der Waals surface area (Å²) in [6.45, 7) is 2.73. The van der Waals surface area contributed by atoms with Crippen molar-refractivity contribution in [3.8, 4) is 0 Å². The van der Waals surface area contributed by atoms with Gasteiger partial charge in [0.15, 0.2) is 0 Å². The van der Waals surface area contributed by atoms with E-state index in [2.05, 4.69) is 21.3 Å². The third-order valence-electron chi connectivity index (χ3n) is 4.78. The molecule has 1 saturated heterocycles. The van der Waals surface area contributed by atoms with Crippen molar-refractivity contribution in [1.82, 2.24) is 10.3 Å². The van der Waals surface area contributed by atoms with Crippen LogP contribution in [0.25, 0.3) is 0 Å². The van der Waals surface area contributed by atoms with Crippen LogP contribution in [0.1, 0.15) is 23.2 Å². The van der Waals surface area contributed by atoms with Crippen molar-refractivity contribution in [2.45, 2.75) is 12.8 Å². The molecule has 2 aromatic rings. The summed E-state index contributed by atoms with van der Waals surface area (Å²) in [6, 6.07) is 13.7. The van der Waals surface area contributed by atoms with E-state index in [9.17, 15) is 4.79 Å². The number of rotatable bonds is 5. The van der Waals surface area contributed by atoms with Crippen molar-refractivity contribution >= 4 is 17.4 Å². The van der Waals surface area contributed by atoms with Crippen molar-refractivity contribution in [1.29, 1.82) is 0 Å². The van der Waals surface area contributed by atoms with Gasteiger partial charge in [0.1, 0.15) is 5.82 Å². The number of anilines is 2. The molecule has 1 amide bonds. The van der Waals surface area contributed by atoms with Crippen LogP contribution in [0.4, 0.5) is 11.5 Å². The number of amides is 1. The van der Waals surface area contributed by atoms with Crippen LogP contribution in [-0.2, 0) is 0 Å². The van der Waals surface area contributed by atoms with Crippen molar-refractivity contribution in [2.24, 2.45) is 5.92 Å². The van der Waals surface area contributed by atoms with Gasteiger partial charge in [0.25, 0.3) is 5.91 Å². The molecule has 0 radical (unpaired) electrons. The summed E-state index contributed by atoms with van der Waals surface area (Å²) >= 11 is 0. The number of aromatic nitrogens is 1. The molecular weight excluding hydrogens is 312 g/mol. The van der Waals surface area contributed by atoms with Gasteiger partial charge in [0, 0.05) is 51.2 Å². The number of carbonyl (C=O) groups excluding carboxylic acids is 1. The van der Waals surface area contributed by atoms with Gasteiger partial charge in [-0.2, -0.15) is 0 Å². The molecule has 3 rings (SSSR count). The predicted molar refractivity (Wildman–Crippen MR) is 102 cm³/mol. The Balaban J connectivity index is 1.45. The molecule has 132 valence electrons. The second-order valence-electron chi connectivity index (χ2n) is 6.77. The smallest absolute Gasteiger partial charge is 0.251 e. The van der Waals surface area contributed by atoms with Crippen molar-refractivity contribution < 1.29 is 4.79 Å². The Hall–Kier alpha value is -2.56. The highest BCUT2D eigenvalue weighted by molar-refractivity contribution is 5.94. The molecule has 0 atom stereocenters. The van der Waals surface area contributed by atoms with Crippen LogP contribution in [-0.4, -0.2) is 44.6 Å². The summed E-state index contributed by atoms with van der Waals surface area (Å²) in [7, 11) is 3.98. The van der Waals surface area contributed by atoms with Crippen LogP contribution in [0.2, 0.25) is 0 Å². The highest BCUT2D eigenvalue weighted by Crippen LogP contribution is 2.21. The molecule has 0 unspecified atom stereocenters. The first-order chi connectivity index (χ1) is 12.1. The van der Waals surface area contributed by atoms with Crippen LogP contribution >= 0.6 is 0 Å². The lowest BCUT2D eigenvalue weighted by molar-refractivity contribution is 0.0945. The number of pyridine rings is 1. The van der Waals surface area contributed by atoms with Crippen molar-refractivity contribution in [3.63, 3.8) is 0 Å². The second-order valence-corrected chi connectivity index (χ2v) is 6.77. The summed E-state index contributed by atoms with van der Waals surface area (Å²) < 4.78 is 0. The Kier molecular flexibility index (Phi) is 5.53. The fraction of sp³-hybridized carbons (Fsp3) is 0.400. The number of piperidine rings is 1. The molecule has 5 heteroatoms. The molecule has 0 bridgehead atoms. The predicted octanol–water partition coefficient (Wildman–Crippen LogP) is 2.79.